The van der Waals surface area contributed by atoms with Crippen molar-refractivity contribution in [3.8, 4) is 17.9 Å². The van der Waals surface area contributed by atoms with Crippen LogP contribution >= 0.6 is 0 Å². The molecule has 0 aromatic rings. The topological polar surface area (TPSA) is 23.8 Å². The van der Waals surface area contributed by atoms with E-state index in [4.69, 9.17) is 5.26 Å². The molecule has 0 saturated heterocycles. The van der Waals surface area contributed by atoms with E-state index in [9.17, 15) is 0 Å². The van der Waals surface area contributed by atoms with E-state index >= 15 is 0 Å². The molecule has 1 heteroatoms. The smallest absolute Gasteiger partial charge is 0.0699 e. The molecular weight excluding hydrogens is 158 g/mol. The molecule has 0 heterocycles. The molecule has 0 radical (unpaired) electrons. The van der Waals surface area contributed by atoms with E-state index in [1.807, 2.05) is 6.92 Å². The maximum atomic E-state index is 9.17. The summed E-state index contributed by atoms with van der Waals surface area (Å²) >= 11 is 0. The van der Waals surface area contributed by atoms with Crippen molar-refractivity contribution in [1.82, 2.24) is 0 Å². The van der Waals surface area contributed by atoms with Crippen molar-refractivity contribution >= 4 is 0 Å². The molecule has 1 nitrogen and oxygen atoms in total. The minimum atomic E-state index is -0.124. The summed E-state index contributed by atoms with van der Waals surface area (Å²) in [5.41, 5.74) is -0.124. The molecule has 1 fully saturated rings. The van der Waals surface area contributed by atoms with Crippen LogP contribution in [0.3, 0.4) is 0 Å². The Balaban J connectivity index is 2.67. The molecule has 0 aromatic heterocycles. The Labute approximate surface area is 81.1 Å². The summed E-state index contributed by atoms with van der Waals surface area (Å²) < 4.78 is 0. The Morgan fingerprint density at radius 2 is 2.31 bits per heavy atom. The van der Waals surface area contributed by atoms with Gasteiger partial charge in [-0.05, 0) is 25.7 Å². The minimum Gasteiger partial charge on any atom is -0.198 e. The van der Waals surface area contributed by atoms with Crippen LogP contribution < -0.4 is 0 Å². The van der Waals surface area contributed by atoms with E-state index in [2.05, 4.69) is 24.8 Å². The van der Waals surface area contributed by atoms with Gasteiger partial charge in [0, 0.05) is 6.42 Å². The molecule has 0 amide bonds. The van der Waals surface area contributed by atoms with Gasteiger partial charge in [-0.1, -0.05) is 19.8 Å². The second-order valence-electron chi connectivity index (χ2n) is 4.20. The third-order valence-corrected chi connectivity index (χ3v) is 2.93. The van der Waals surface area contributed by atoms with Crippen LogP contribution in [0.15, 0.2) is 0 Å². The van der Waals surface area contributed by atoms with Gasteiger partial charge in [-0.3, -0.25) is 0 Å². The third-order valence-electron chi connectivity index (χ3n) is 2.93. The van der Waals surface area contributed by atoms with Crippen molar-refractivity contribution in [3.63, 3.8) is 0 Å². The number of hydrogen-bond donors (Lipinski definition) is 0. The average Bonchev–Trinajstić information content (AvgIpc) is 2.15. The van der Waals surface area contributed by atoms with Crippen molar-refractivity contribution in [2.24, 2.45) is 11.3 Å². The summed E-state index contributed by atoms with van der Waals surface area (Å²) in [4.78, 5) is 0. The van der Waals surface area contributed by atoms with Crippen molar-refractivity contribution in [2.75, 3.05) is 0 Å². The molecule has 1 aliphatic carbocycles. The molecule has 0 bridgehead atoms. The lowest BCUT2D eigenvalue weighted by molar-refractivity contribution is 0.216. The van der Waals surface area contributed by atoms with Crippen molar-refractivity contribution < 1.29 is 0 Å². The second kappa shape index (κ2) is 4.33. The lowest BCUT2D eigenvalue weighted by Gasteiger charge is -2.32. The molecule has 1 saturated carbocycles. The molecule has 0 aromatic carbocycles. The molecule has 13 heavy (non-hydrogen) atoms. The first-order valence-corrected chi connectivity index (χ1v) is 5.03. The summed E-state index contributed by atoms with van der Waals surface area (Å²) in [6, 6.07) is 2.48. The fourth-order valence-electron chi connectivity index (χ4n) is 2.22. The first-order chi connectivity index (χ1) is 6.22. The number of rotatable bonds is 1. The molecule has 0 aliphatic heterocycles. The van der Waals surface area contributed by atoms with Gasteiger partial charge in [-0.15, -0.1) is 11.8 Å². The van der Waals surface area contributed by atoms with Gasteiger partial charge in [0.25, 0.3) is 0 Å². The van der Waals surface area contributed by atoms with Crippen LogP contribution in [0.5, 0.6) is 0 Å². The van der Waals surface area contributed by atoms with Gasteiger partial charge in [0.2, 0.25) is 0 Å². The fraction of sp³-hybridized carbons (Fsp3) is 0.750. The van der Waals surface area contributed by atoms with Gasteiger partial charge in [0.15, 0.2) is 0 Å². The van der Waals surface area contributed by atoms with Crippen molar-refractivity contribution in [3.05, 3.63) is 0 Å². The zero-order valence-electron chi connectivity index (χ0n) is 8.56. The van der Waals surface area contributed by atoms with Gasteiger partial charge in [0.1, 0.15) is 0 Å². The maximum Gasteiger partial charge on any atom is 0.0699 e. The zero-order valence-corrected chi connectivity index (χ0v) is 8.56. The molecule has 0 N–H and O–H groups in total. The highest BCUT2D eigenvalue weighted by atomic mass is 14.4. The van der Waals surface area contributed by atoms with Crippen LogP contribution in [0.4, 0.5) is 0 Å². The van der Waals surface area contributed by atoms with E-state index in [0.29, 0.717) is 5.92 Å². The van der Waals surface area contributed by atoms with Crippen molar-refractivity contribution in [1.29, 1.82) is 5.26 Å². The van der Waals surface area contributed by atoms with Crippen LogP contribution in [0.25, 0.3) is 0 Å². The molecule has 0 spiro atoms. The summed E-state index contributed by atoms with van der Waals surface area (Å²) in [6.45, 7) is 4.09. The number of hydrogen-bond acceptors (Lipinski definition) is 1. The first-order valence-electron chi connectivity index (χ1n) is 5.03. The van der Waals surface area contributed by atoms with Gasteiger partial charge in [0.05, 0.1) is 11.5 Å². The van der Waals surface area contributed by atoms with Gasteiger partial charge >= 0.3 is 0 Å². The fourth-order valence-corrected chi connectivity index (χ4v) is 2.22. The van der Waals surface area contributed by atoms with Crippen LogP contribution in [-0.4, -0.2) is 0 Å². The Hall–Kier alpha value is -0.950. The van der Waals surface area contributed by atoms with Crippen molar-refractivity contribution in [2.45, 2.75) is 46.0 Å². The van der Waals surface area contributed by atoms with Crippen LogP contribution in [-0.2, 0) is 0 Å². The Kier molecular flexibility index (Phi) is 3.38. The van der Waals surface area contributed by atoms with E-state index < -0.39 is 0 Å². The Bertz CT molecular complexity index is 263. The Morgan fingerprint density at radius 1 is 1.54 bits per heavy atom. The van der Waals surface area contributed by atoms with Crippen LogP contribution in [0, 0.1) is 34.5 Å². The highest BCUT2D eigenvalue weighted by Gasteiger charge is 2.34. The maximum absolute atomic E-state index is 9.17. The summed E-state index contributed by atoms with van der Waals surface area (Å²) in [5, 5.41) is 9.17. The quantitative estimate of drug-likeness (QED) is 0.562. The minimum absolute atomic E-state index is 0.124. The lowest BCUT2D eigenvalue weighted by atomic mass is 9.69. The number of nitrogens with zero attached hydrogens (tertiary/aromatic N) is 1. The largest absolute Gasteiger partial charge is 0.198 e. The summed E-state index contributed by atoms with van der Waals surface area (Å²) in [6.07, 6.45) is 5.33. The highest BCUT2D eigenvalue weighted by Crippen LogP contribution is 2.41. The standard InChI is InChI=1S/C12H17N/c1-3-4-7-12(10-13)8-5-6-11(2)9-12/h11H,5-9H2,1-2H3. The first kappa shape index (κ1) is 10.1. The molecular formula is C12H17N. The predicted octanol–water partition coefficient (Wildman–Crippen LogP) is 3.12. The van der Waals surface area contributed by atoms with Gasteiger partial charge < -0.3 is 0 Å². The third kappa shape index (κ3) is 2.49. The molecule has 1 rings (SSSR count). The lowest BCUT2D eigenvalue weighted by Crippen LogP contribution is -2.25. The summed E-state index contributed by atoms with van der Waals surface area (Å²) in [5.74, 6) is 6.65. The predicted molar refractivity (Wildman–Crippen MR) is 53.7 cm³/mol. The van der Waals surface area contributed by atoms with Crippen LogP contribution in [0.2, 0.25) is 0 Å². The van der Waals surface area contributed by atoms with E-state index in [-0.39, 0.29) is 5.41 Å². The van der Waals surface area contributed by atoms with E-state index in [0.717, 1.165) is 19.3 Å². The SMILES string of the molecule is CC#CCC1(C#N)CCCC(C)C1. The van der Waals surface area contributed by atoms with Gasteiger partial charge in [-0.2, -0.15) is 5.26 Å². The molecule has 2 atom stereocenters. The average molecular weight is 175 g/mol. The normalized spacial score (nSPS) is 32.8. The number of nitriles is 1. The highest BCUT2D eigenvalue weighted by molar-refractivity contribution is 5.10. The van der Waals surface area contributed by atoms with E-state index in [1.54, 1.807) is 0 Å². The zero-order chi connectivity index (χ0) is 9.73. The molecule has 1 aliphatic rings. The second-order valence-corrected chi connectivity index (χ2v) is 4.20. The summed E-state index contributed by atoms with van der Waals surface area (Å²) in [7, 11) is 0. The Morgan fingerprint density at radius 3 is 2.85 bits per heavy atom. The molecule has 2 unspecified atom stereocenters. The van der Waals surface area contributed by atoms with Gasteiger partial charge in [-0.25, -0.2) is 0 Å². The van der Waals surface area contributed by atoms with Crippen LogP contribution in [0.1, 0.15) is 46.0 Å². The monoisotopic (exact) mass is 175 g/mol. The van der Waals surface area contributed by atoms with E-state index in [1.165, 1.54) is 12.8 Å². The molecule has 70 valence electrons.